The Morgan fingerprint density at radius 3 is 1.94 bits per heavy atom. The second kappa shape index (κ2) is 4.53. The predicted molar refractivity (Wildman–Crippen MR) is 74.5 cm³/mol. The lowest BCUT2D eigenvalue weighted by molar-refractivity contribution is 0.00578. The van der Waals surface area contributed by atoms with Crippen molar-refractivity contribution in [1.29, 1.82) is 0 Å². The molecule has 1 aliphatic rings. The monoisotopic (exact) mass is 267 g/mol. The van der Waals surface area contributed by atoms with Gasteiger partial charge in [0.05, 0.1) is 17.1 Å². The Morgan fingerprint density at radius 1 is 1.06 bits per heavy atom. The molecule has 5 heteroatoms. The summed E-state index contributed by atoms with van der Waals surface area (Å²) in [6.45, 7) is 8.06. The Labute approximate surface area is 114 Å². The summed E-state index contributed by atoms with van der Waals surface area (Å²) in [6.07, 6.45) is 0. The third-order valence-electron chi connectivity index (χ3n) is 3.82. The van der Waals surface area contributed by atoms with Gasteiger partial charge in [0.15, 0.2) is 0 Å². The first-order valence-electron chi connectivity index (χ1n) is 6.10. The summed E-state index contributed by atoms with van der Waals surface area (Å²) in [4.78, 5) is 0. The van der Waals surface area contributed by atoms with E-state index in [9.17, 15) is 0 Å². The molecule has 1 aromatic rings. The molecule has 0 spiro atoms. The third-order valence-corrected chi connectivity index (χ3v) is 4.07. The Hall–Kier alpha value is -0.545. The molecular formula is C13H19BClNO2. The molecule has 2 rings (SSSR count). The average molecular weight is 268 g/mol. The molecule has 0 radical (unpaired) electrons. The SMILES string of the molecule is CC1(C)OB(C(N)c2ccc(Cl)cc2)OC1(C)C. The van der Waals surface area contributed by atoms with E-state index < -0.39 is 7.12 Å². The van der Waals surface area contributed by atoms with Crippen molar-refractivity contribution in [2.45, 2.75) is 44.8 Å². The molecule has 1 unspecified atom stereocenters. The fourth-order valence-corrected chi connectivity index (χ4v) is 2.00. The molecule has 98 valence electrons. The highest BCUT2D eigenvalue weighted by Gasteiger charge is 2.53. The highest BCUT2D eigenvalue weighted by atomic mass is 35.5. The van der Waals surface area contributed by atoms with Crippen molar-refractivity contribution < 1.29 is 9.31 Å². The van der Waals surface area contributed by atoms with E-state index in [0.717, 1.165) is 5.56 Å². The summed E-state index contributed by atoms with van der Waals surface area (Å²) in [5, 5.41) is 0.694. The lowest BCUT2D eigenvalue weighted by Gasteiger charge is -2.32. The van der Waals surface area contributed by atoms with Crippen molar-refractivity contribution in [3.05, 3.63) is 34.9 Å². The van der Waals surface area contributed by atoms with Crippen LogP contribution in [0.4, 0.5) is 0 Å². The molecular weight excluding hydrogens is 248 g/mol. The third kappa shape index (κ3) is 2.43. The van der Waals surface area contributed by atoms with Gasteiger partial charge in [-0.25, -0.2) is 0 Å². The van der Waals surface area contributed by atoms with Crippen LogP contribution in [0.2, 0.25) is 5.02 Å². The van der Waals surface area contributed by atoms with Crippen LogP contribution in [0, 0.1) is 0 Å². The molecule has 1 heterocycles. The van der Waals surface area contributed by atoms with E-state index in [1.54, 1.807) is 0 Å². The van der Waals surface area contributed by atoms with Gasteiger partial charge >= 0.3 is 7.12 Å². The van der Waals surface area contributed by atoms with Crippen LogP contribution in [-0.2, 0) is 9.31 Å². The van der Waals surface area contributed by atoms with Crippen molar-refractivity contribution in [3.63, 3.8) is 0 Å². The summed E-state index contributed by atoms with van der Waals surface area (Å²) >= 11 is 5.86. The lowest BCUT2D eigenvalue weighted by Crippen LogP contribution is -2.41. The number of nitrogens with two attached hydrogens (primary N) is 1. The first-order chi connectivity index (χ1) is 8.23. The highest BCUT2D eigenvalue weighted by molar-refractivity contribution is 6.47. The summed E-state index contributed by atoms with van der Waals surface area (Å²) in [7, 11) is -0.434. The molecule has 18 heavy (non-hydrogen) atoms. The zero-order valence-electron chi connectivity index (χ0n) is 11.2. The van der Waals surface area contributed by atoms with Gasteiger partial charge in [-0.1, -0.05) is 23.7 Å². The maximum atomic E-state index is 6.20. The summed E-state index contributed by atoms with van der Waals surface area (Å²) in [5.41, 5.74) is 6.44. The van der Waals surface area contributed by atoms with Crippen LogP contribution in [0.5, 0.6) is 0 Å². The van der Waals surface area contributed by atoms with Gasteiger partial charge in [0.2, 0.25) is 0 Å². The molecule has 1 aromatic carbocycles. The fraction of sp³-hybridized carbons (Fsp3) is 0.538. The van der Waals surface area contributed by atoms with E-state index in [0.29, 0.717) is 5.02 Å². The van der Waals surface area contributed by atoms with Crippen LogP contribution >= 0.6 is 11.6 Å². The zero-order valence-corrected chi connectivity index (χ0v) is 12.0. The van der Waals surface area contributed by atoms with E-state index in [1.165, 1.54) is 0 Å². The maximum absolute atomic E-state index is 6.20. The highest BCUT2D eigenvalue weighted by Crippen LogP contribution is 2.39. The zero-order chi connectivity index (χ0) is 13.6. The van der Waals surface area contributed by atoms with E-state index in [2.05, 4.69) is 0 Å². The standard InChI is InChI=1S/C13H19BClNO2/c1-12(2)13(3,4)18-14(17-12)11(16)9-5-7-10(15)8-6-9/h5-8,11H,16H2,1-4H3. The van der Waals surface area contributed by atoms with E-state index in [-0.39, 0.29) is 17.1 Å². The normalized spacial score (nSPS) is 23.1. The minimum atomic E-state index is -0.434. The summed E-state index contributed by atoms with van der Waals surface area (Å²) in [5.74, 6) is -0.316. The van der Waals surface area contributed by atoms with E-state index in [1.807, 2.05) is 52.0 Å². The van der Waals surface area contributed by atoms with Gasteiger partial charge in [-0.3, -0.25) is 0 Å². The quantitative estimate of drug-likeness (QED) is 0.838. The molecule has 0 bridgehead atoms. The Morgan fingerprint density at radius 2 is 1.50 bits per heavy atom. The maximum Gasteiger partial charge on any atom is 0.480 e. The first kappa shape index (κ1) is 13.9. The van der Waals surface area contributed by atoms with Gasteiger partial charge in [0, 0.05) is 5.02 Å². The van der Waals surface area contributed by atoms with Crippen LogP contribution in [0.15, 0.2) is 24.3 Å². The molecule has 0 aromatic heterocycles. The molecule has 0 saturated carbocycles. The molecule has 1 fully saturated rings. The largest absolute Gasteiger partial charge is 0.480 e. The Bertz CT molecular complexity index is 417. The minimum absolute atomic E-state index is 0.316. The van der Waals surface area contributed by atoms with Crippen molar-refractivity contribution >= 4 is 18.7 Å². The summed E-state index contributed by atoms with van der Waals surface area (Å²) < 4.78 is 11.9. The number of hydrogen-bond acceptors (Lipinski definition) is 3. The average Bonchev–Trinajstić information content (AvgIpc) is 2.48. The number of benzene rings is 1. The van der Waals surface area contributed by atoms with Crippen molar-refractivity contribution in [2.75, 3.05) is 0 Å². The number of halogens is 1. The van der Waals surface area contributed by atoms with Gasteiger partial charge in [0.1, 0.15) is 0 Å². The van der Waals surface area contributed by atoms with Gasteiger partial charge in [-0.15, -0.1) is 0 Å². The number of hydrogen-bond donors (Lipinski definition) is 1. The molecule has 3 nitrogen and oxygen atoms in total. The van der Waals surface area contributed by atoms with Crippen molar-refractivity contribution in [2.24, 2.45) is 5.73 Å². The van der Waals surface area contributed by atoms with Gasteiger partial charge in [-0.2, -0.15) is 0 Å². The second-order valence-electron chi connectivity index (χ2n) is 5.70. The van der Waals surface area contributed by atoms with Crippen LogP contribution < -0.4 is 5.73 Å². The van der Waals surface area contributed by atoms with Crippen LogP contribution in [-0.4, -0.2) is 18.3 Å². The smallest absolute Gasteiger partial charge is 0.402 e. The molecule has 0 amide bonds. The van der Waals surface area contributed by atoms with Crippen molar-refractivity contribution in [3.8, 4) is 0 Å². The lowest BCUT2D eigenvalue weighted by atomic mass is 9.75. The molecule has 1 saturated heterocycles. The van der Waals surface area contributed by atoms with Crippen LogP contribution in [0.25, 0.3) is 0 Å². The Kier molecular flexibility index (Phi) is 3.49. The van der Waals surface area contributed by atoms with E-state index >= 15 is 0 Å². The van der Waals surface area contributed by atoms with E-state index in [4.69, 9.17) is 26.6 Å². The Balaban J connectivity index is 2.17. The fourth-order valence-electron chi connectivity index (χ4n) is 1.88. The van der Waals surface area contributed by atoms with Crippen LogP contribution in [0.3, 0.4) is 0 Å². The number of rotatable bonds is 2. The van der Waals surface area contributed by atoms with Gasteiger partial charge in [-0.05, 0) is 45.4 Å². The van der Waals surface area contributed by atoms with Gasteiger partial charge in [0.25, 0.3) is 0 Å². The topological polar surface area (TPSA) is 44.5 Å². The molecule has 1 atom stereocenters. The molecule has 0 aliphatic carbocycles. The minimum Gasteiger partial charge on any atom is -0.402 e. The predicted octanol–water partition coefficient (Wildman–Crippen LogP) is 2.97. The molecule has 2 N–H and O–H groups in total. The summed E-state index contributed by atoms with van der Waals surface area (Å²) in [6, 6.07) is 7.44. The van der Waals surface area contributed by atoms with Crippen molar-refractivity contribution in [1.82, 2.24) is 0 Å². The first-order valence-corrected chi connectivity index (χ1v) is 6.47. The van der Waals surface area contributed by atoms with Gasteiger partial charge < -0.3 is 15.0 Å². The molecule has 1 aliphatic heterocycles. The second-order valence-corrected chi connectivity index (χ2v) is 6.14. The van der Waals surface area contributed by atoms with Crippen LogP contribution in [0.1, 0.15) is 39.2 Å².